The third kappa shape index (κ3) is 5.23. The number of carbonyl (C=O) groups is 2. The smallest absolute Gasteiger partial charge is 0.310 e. The minimum Gasteiger partial charge on any atom is -0.455 e. The van der Waals surface area contributed by atoms with Crippen LogP contribution >= 0.6 is 34.5 Å². The summed E-state index contributed by atoms with van der Waals surface area (Å²) in [5, 5.41) is 5.49. The number of amides is 1. The predicted octanol–water partition coefficient (Wildman–Crippen LogP) is 4.02. The summed E-state index contributed by atoms with van der Waals surface area (Å²) in [6, 6.07) is 8.70. The van der Waals surface area contributed by atoms with E-state index in [4.69, 9.17) is 27.9 Å². The first-order chi connectivity index (χ1) is 11.0. The standard InChI is InChI=1S/C16H15Cl2NO3S/c1-10(14-6-3-7-23-14)19-15(20)9-22-16(21)8-11-12(17)4-2-5-13(11)18/h2-7,10H,8-9H2,1H3,(H,19,20)/t10-/m0/s1. The van der Waals surface area contributed by atoms with E-state index in [9.17, 15) is 9.59 Å². The van der Waals surface area contributed by atoms with Gasteiger partial charge in [-0.2, -0.15) is 0 Å². The van der Waals surface area contributed by atoms with Crippen LogP contribution in [0, 0.1) is 0 Å². The van der Waals surface area contributed by atoms with Crippen LogP contribution in [0.15, 0.2) is 35.7 Å². The first kappa shape index (κ1) is 17.8. The lowest BCUT2D eigenvalue weighted by Crippen LogP contribution is -2.31. The van der Waals surface area contributed by atoms with Crippen LogP contribution < -0.4 is 5.32 Å². The highest BCUT2D eigenvalue weighted by Gasteiger charge is 2.15. The van der Waals surface area contributed by atoms with Crippen LogP contribution in [-0.4, -0.2) is 18.5 Å². The number of ether oxygens (including phenoxy) is 1. The van der Waals surface area contributed by atoms with E-state index in [2.05, 4.69) is 5.32 Å². The fourth-order valence-electron chi connectivity index (χ4n) is 1.93. The van der Waals surface area contributed by atoms with Gasteiger partial charge >= 0.3 is 5.97 Å². The van der Waals surface area contributed by atoms with Crippen molar-refractivity contribution >= 4 is 46.4 Å². The zero-order chi connectivity index (χ0) is 16.8. The summed E-state index contributed by atoms with van der Waals surface area (Å²) in [5.74, 6) is -0.913. The Morgan fingerprint density at radius 1 is 1.22 bits per heavy atom. The third-order valence-corrected chi connectivity index (χ3v) is 4.86. The molecule has 0 saturated carbocycles. The molecule has 0 saturated heterocycles. The maximum absolute atomic E-state index is 11.8. The highest BCUT2D eigenvalue weighted by Crippen LogP contribution is 2.24. The van der Waals surface area contributed by atoms with Crippen LogP contribution in [0.5, 0.6) is 0 Å². The number of nitrogens with one attached hydrogen (secondary N) is 1. The van der Waals surface area contributed by atoms with Gasteiger partial charge in [0.15, 0.2) is 6.61 Å². The van der Waals surface area contributed by atoms with Crippen LogP contribution in [0.2, 0.25) is 10.0 Å². The van der Waals surface area contributed by atoms with Crippen molar-refractivity contribution in [3.8, 4) is 0 Å². The van der Waals surface area contributed by atoms with Gasteiger partial charge in [-0.25, -0.2) is 0 Å². The molecule has 1 aromatic carbocycles. The van der Waals surface area contributed by atoms with Crippen molar-refractivity contribution in [2.75, 3.05) is 6.61 Å². The molecular formula is C16H15Cl2NO3S. The molecule has 0 aliphatic heterocycles. The lowest BCUT2D eigenvalue weighted by atomic mass is 10.1. The number of benzene rings is 1. The molecule has 7 heteroatoms. The predicted molar refractivity (Wildman–Crippen MR) is 92.0 cm³/mol. The summed E-state index contributed by atoms with van der Waals surface area (Å²) in [4.78, 5) is 24.7. The molecule has 0 aliphatic carbocycles. The van der Waals surface area contributed by atoms with Gasteiger partial charge in [0.2, 0.25) is 0 Å². The van der Waals surface area contributed by atoms with Gasteiger partial charge in [-0.1, -0.05) is 35.3 Å². The second-order valence-electron chi connectivity index (χ2n) is 4.84. The highest BCUT2D eigenvalue weighted by molar-refractivity contribution is 7.10. The summed E-state index contributed by atoms with van der Waals surface area (Å²) in [7, 11) is 0. The normalized spacial score (nSPS) is 11.8. The second kappa shape index (κ2) is 8.34. The number of carbonyl (C=O) groups excluding carboxylic acids is 2. The quantitative estimate of drug-likeness (QED) is 0.780. The summed E-state index contributed by atoms with van der Waals surface area (Å²) < 4.78 is 4.97. The third-order valence-electron chi connectivity index (χ3n) is 3.09. The molecular weight excluding hydrogens is 357 g/mol. The van der Waals surface area contributed by atoms with E-state index in [1.807, 2.05) is 24.4 Å². The van der Waals surface area contributed by atoms with Gasteiger partial charge in [-0.15, -0.1) is 11.3 Å². The lowest BCUT2D eigenvalue weighted by Gasteiger charge is -2.12. The average molecular weight is 372 g/mol. The van der Waals surface area contributed by atoms with Gasteiger partial charge < -0.3 is 10.1 Å². The molecule has 2 aromatic rings. The monoisotopic (exact) mass is 371 g/mol. The van der Waals surface area contributed by atoms with Crippen molar-refractivity contribution in [1.82, 2.24) is 5.32 Å². The molecule has 1 amide bonds. The van der Waals surface area contributed by atoms with Crippen molar-refractivity contribution in [3.05, 3.63) is 56.2 Å². The van der Waals surface area contributed by atoms with Gasteiger partial charge in [-0.05, 0) is 30.5 Å². The highest BCUT2D eigenvalue weighted by atomic mass is 35.5. The molecule has 0 radical (unpaired) electrons. The number of halogens is 2. The van der Waals surface area contributed by atoms with Crippen LogP contribution in [-0.2, 0) is 20.7 Å². The molecule has 23 heavy (non-hydrogen) atoms. The summed E-state index contributed by atoms with van der Waals surface area (Å²) in [6.45, 7) is 1.53. The number of hydrogen-bond acceptors (Lipinski definition) is 4. The zero-order valence-electron chi connectivity index (χ0n) is 12.3. The second-order valence-corrected chi connectivity index (χ2v) is 6.64. The Hall–Kier alpha value is -1.56. The Bertz CT molecular complexity index is 668. The number of hydrogen-bond donors (Lipinski definition) is 1. The van der Waals surface area contributed by atoms with Crippen molar-refractivity contribution in [3.63, 3.8) is 0 Å². The molecule has 0 bridgehead atoms. The van der Waals surface area contributed by atoms with E-state index < -0.39 is 5.97 Å². The van der Waals surface area contributed by atoms with Gasteiger partial charge in [0.1, 0.15) is 0 Å². The molecule has 1 aromatic heterocycles. The SMILES string of the molecule is C[C@H](NC(=O)COC(=O)Cc1c(Cl)cccc1Cl)c1cccs1. The van der Waals surface area contributed by atoms with Gasteiger partial charge in [0, 0.05) is 20.5 Å². The summed E-state index contributed by atoms with van der Waals surface area (Å²) in [6.07, 6.45) is -0.0771. The molecule has 1 N–H and O–H groups in total. The molecule has 4 nitrogen and oxygen atoms in total. The van der Waals surface area contributed by atoms with E-state index in [0.717, 1.165) is 4.88 Å². The Balaban J connectivity index is 1.81. The van der Waals surface area contributed by atoms with Gasteiger partial charge in [-0.3, -0.25) is 9.59 Å². The van der Waals surface area contributed by atoms with Crippen LogP contribution in [0.1, 0.15) is 23.4 Å². The maximum atomic E-state index is 11.8. The Labute approximate surface area is 148 Å². The molecule has 2 rings (SSSR count). The minimum absolute atomic E-state index is 0.0771. The molecule has 0 aliphatic rings. The van der Waals surface area contributed by atoms with Crippen molar-refractivity contribution in [2.24, 2.45) is 0 Å². The fourth-order valence-corrected chi connectivity index (χ4v) is 3.20. The summed E-state index contributed by atoms with van der Waals surface area (Å²) >= 11 is 13.5. The van der Waals surface area contributed by atoms with Crippen molar-refractivity contribution < 1.29 is 14.3 Å². The van der Waals surface area contributed by atoms with Gasteiger partial charge in [0.05, 0.1) is 12.5 Å². The minimum atomic E-state index is -0.557. The molecule has 1 heterocycles. The van der Waals surface area contributed by atoms with E-state index in [1.165, 1.54) is 0 Å². The first-order valence-electron chi connectivity index (χ1n) is 6.88. The molecule has 0 fully saturated rings. The van der Waals surface area contributed by atoms with E-state index in [1.54, 1.807) is 29.5 Å². The average Bonchev–Trinajstić information content (AvgIpc) is 3.03. The van der Waals surface area contributed by atoms with E-state index in [0.29, 0.717) is 15.6 Å². The van der Waals surface area contributed by atoms with Crippen LogP contribution in [0.25, 0.3) is 0 Å². The molecule has 0 spiro atoms. The Morgan fingerprint density at radius 2 is 1.91 bits per heavy atom. The Kier molecular flexibility index (Phi) is 6.45. The topological polar surface area (TPSA) is 55.4 Å². The maximum Gasteiger partial charge on any atom is 0.310 e. The summed E-state index contributed by atoms with van der Waals surface area (Å²) in [5.41, 5.74) is 0.494. The van der Waals surface area contributed by atoms with Crippen molar-refractivity contribution in [1.29, 1.82) is 0 Å². The number of thiophene rings is 1. The first-order valence-corrected chi connectivity index (χ1v) is 8.52. The molecule has 122 valence electrons. The number of rotatable bonds is 6. The number of esters is 1. The van der Waals surface area contributed by atoms with Gasteiger partial charge in [0.25, 0.3) is 5.91 Å². The molecule has 0 unspecified atom stereocenters. The zero-order valence-corrected chi connectivity index (χ0v) is 14.7. The fraction of sp³-hybridized carbons (Fsp3) is 0.250. The largest absolute Gasteiger partial charge is 0.455 e. The van der Waals surface area contributed by atoms with E-state index >= 15 is 0 Å². The van der Waals surface area contributed by atoms with Crippen molar-refractivity contribution in [2.45, 2.75) is 19.4 Å². The van der Waals surface area contributed by atoms with E-state index in [-0.39, 0.29) is 25.0 Å². The lowest BCUT2D eigenvalue weighted by molar-refractivity contribution is -0.148. The van der Waals surface area contributed by atoms with Crippen LogP contribution in [0.4, 0.5) is 0 Å². The molecule has 1 atom stereocenters. The Morgan fingerprint density at radius 3 is 2.52 bits per heavy atom. The van der Waals surface area contributed by atoms with Crippen LogP contribution in [0.3, 0.4) is 0 Å².